The second-order valence-corrected chi connectivity index (χ2v) is 9.90. The molecule has 0 amide bonds. The van der Waals surface area contributed by atoms with Crippen molar-refractivity contribution in [3.05, 3.63) is 11.6 Å². The molecule has 0 aromatic heterocycles. The molecule has 4 aliphatic carbocycles. The van der Waals surface area contributed by atoms with E-state index in [0.717, 1.165) is 38.5 Å². The Labute approximate surface area is 151 Å². The first-order chi connectivity index (χ1) is 11.6. The Morgan fingerprint density at radius 3 is 2.56 bits per heavy atom. The van der Waals surface area contributed by atoms with Crippen LogP contribution in [0.2, 0.25) is 0 Å². The molecule has 0 bridgehead atoms. The van der Waals surface area contributed by atoms with Gasteiger partial charge in [-0.05, 0) is 68.6 Å². The van der Waals surface area contributed by atoms with Gasteiger partial charge >= 0.3 is 0 Å². The SMILES string of the molecule is C[C@@H](O)[C@@]1(O)C[C@@H](O)[C@H]2[C@@H]3CC=C4C[C@@H](O)CC[C@]4(C)[C@H]3CC[C@@]21C. The molecule has 3 fully saturated rings. The van der Waals surface area contributed by atoms with E-state index in [1.54, 1.807) is 6.92 Å². The molecule has 4 rings (SSSR count). The topological polar surface area (TPSA) is 80.9 Å². The summed E-state index contributed by atoms with van der Waals surface area (Å²) in [5, 5.41) is 42.5. The summed E-state index contributed by atoms with van der Waals surface area (Å²) in [6.07, 6.45) is 6.49. The van der Waals surface area contributed by atoms with Crippen LogP contribution in [0, 0.1) is 28.6 Å². The van der Waals surface area contributed by atoms with Crippen molar-refractivity contribution in [2.75, 3.05) is 0 Å². The van der Waals surface area contributed by atoms with Crippen molar-refractivity contribution in [1.29, 1.82) is 0 Å². The highest BCUT2D eigenvalue weighted by atomic mass is 16.3. The molecule has 4 aliphatic rings. The Kier molecular flexibility index (Phi) is 3.98. The maximum atomic E-state index is 11.3. The smallest absolute Gasteiger partial charge is 0.0984 e. The van der Waals surface area contributed by atoms with E-state index in [2.05, 4.69) is 19.9 Å². The highest BCUT2D eigenvalue weighted by Crippen LogP contribution is 2.67. The van der Waals surface area contributed by atoms with Crippen LogP contribution < -0.4 is 0 Å². The zero-order chi connectivity index (χ0) is 18.2. The summed E-state index contributed by atoms with van der Waals surface area (Å²) in [5.41, 5.74) is -0.100. The summed E-state index contributed by atoms with van der Waals surface area (Å²) >= 11 is 0. The fourth-order valence-electron chi connectivity index (χ4n) is 7.44. The third-order valence-corrected chi connectivity index (χ3v) is 8.94. The zero-order valence-corrected chi connectivity index (χ0v) is 15.8. The van der Waals surface area contributed by atoms with E-state index < -0.39 is 23.2 Å². The lowest BCUT2D eigenvalue weighted by Crippen LogP contribution is -2.58. The van der Waals surface area contributed by atoms with E-state index in [0.29, 0.717) is 11.8 Å². The van der Waals surface area contributed by atoms with Gasteiger partial charge in [0.05, 0.1) is 23.9 Å². The first-order valence-corrected chi connectivity index (χ1v) is 10.1. The zero-order valence-electron chi connectivity index (χ0n) is 15.8. The summed E-state index contributed by atoms with van der Waals surface area (Å²) in [4.78, 5) is 0. The third-order valence-electron chi connectivity index (χ3n) is 8.94. The molecule has 25 heavy (non-hydrogen) atoms. The number of fused-ring (bicyclic) bond motifs is 5. The number of aliphatic hydroxyl groups excluding tert-OH is 3. The Hall–Kier alpha value is -0.420. The second-order valence-electron chi connectivity index (χ2n) is 9.90. The van der Waals surface area contributed by atoms with Gasteiger partial charge in [-0.25, -0.2) is 0 Å². The highest BCUT2D eigenvalue weighted by Gasteiger charge is 2.68. The van der Waals surface area contributed by atoms with Gasteiger partial charge in [-0.1, -0.05) is 25.5 Å². The minimum Gasteiger partial charge on any atom is -0.393 e. The Bertz CT molecular complexity index is 586. The van der Waals surface area contributed by atoms with E-state index in [9.17, 15) is 20.4 Å². The Morgan fingerprint density at radius 1 is 1.16 bits per heavy atom. The lowest BCUT2D eigenvalue weighted by Gasteiger charge is -2.59. The van der Waals surface area contributed by atoms with Crippen molar-refractivity contribution < 1.29 is 20.4 Å². The van der Waals surface area contributed by atoms with Crippen LogP contribution in [0.15, 0.2) is 11.6 Å². The third kappa shape index (κ3) is 2.20. The average molecular weight is 350 g/mol. The molecule has 0 aromatic rings. The van der Waals surface area contributed by atoms with Gasteiger partial charge in [0.1, 0.15) is 0 Å². The standard InChI is InChI=1S/C21H34O4/c1-12(22)21(25)11-17(24)18-15-5-4-13-10-14(23)6-8-19(13,2)16(15)7-9-20(18,21)3/h4,12,14-18,22-25H,5-11H2,1-3H3/t12-,14+,15-,16+,17-,18-,19+,20+,21+/m1/s1. The molecule has 9 atom stereocenters. The lowest BCUT2D eigenvalue weighted by atomic mass is 9.46. The van der Waals surface area contributed by atoms with E-state index in [4.69, 9.17) is 0 Å². The molecule has 4 N–H and O–H groups in total. The second kappa shape index (κ2) is 5.54. The monoisotopic (exact) mass is 350 g/mol. The number of hydrogen-bond acceptors (Lipinski definition) is 4. The molecule has 0 spiro atoms. The minimum absolute atomic E-state index is 0.0346. The van der Waals surface area contributed by atoms with Gasteiger partial charge in [-0.15, -0.1) is 0 Å². The largest absolute Gasteiger partial charge is 0.393 e. The molecule has 142 valence electrons. The van der Waals surface area contributed by atoms with Crippen molar-refractivity contribution in [1.82, 2.24) is 0 Å². The summed E-state index contributed by atoms with van der Waals surface area (Å²) < 4.78 is 0. The number of aliphatic hydroxyl groups is 4. The predicted molar refractivity (Wildman–Crippen MR) is 95.7 cm³/mol. The maximum Gasteiger partial charge on any atom is 0.0984 e. The Balaban J connectivity index is 1.72. The van der Waals surface area contributed by atoms with E-state index in [-0.39, 0.29) is 23.9 Å². The van der Waals surface area contributed by atoms with Crippen molar-refractivity contribution >= 4 is 0 Å². The normalized spacial score (nSPS) is 56.4. The first kappa shape index (κ1) is 18.0. The maximum absolute atomic E-state index is 11.3. The summed E-state index contributed by atoms with van der Waals surface area (Å²) in [5.74, 6) is 0.891. The highest BCUT2D eigenvalue weighted by molar-refractivity contribution is 5.27. The van der Waals surface area contributed by atoms with Crippen molar-refractivity contribution in [3.63, 3.8) is 0 Å². The van der Waals surface area contributed by atoms with E-state index in [1.165, 1.54) is 5.57 Å². The van der Waals surface area contributed by atoms with Crippen LogP contribution in [0.25, 0.3) is 0 Å². The van der Waals surface area contributed by atoms with Crippen LogP contribution in [0.5, 0.6) is 0 Å². The van der Waals surface area contributed by atoms with Crippen molar-refractivity contribution in [2.24, 2.45) is 28.6 Å². The molecule has 0 unspecified atom stereocenters. The first-order valence-electron chi connectivity index (χ1n) is 10.1. The average Bonchev–Trinajstić information content (AvgIpc) is 2.75. The molecule has 3 saturated carbocycles. The summed E-state index contributed by atoms with van der Waals surface area (Å²) in [6, 6.07) is 0. The van der Waals surface area contributed by atoms with Gasteiger partial charge in [0.25, 0.3) is 0 Å². The van der Waals surface area contributed by atoms with Crippen molar-refractivity contribution in [3.8, 4) is 0 Å². The predicted octanol–water partition coefficient (Wildman–Crippen LogP) is 2.39. The molecule has 0 radical (unpaired) electrons. The quantitative estimate of drug-likeness (QED) is 0.548. The number of allylic oxidation sites excluding steroid dienone is 1. The van der Waals surface area contributed by atoms with Gasteiger partial charge in [0.2, 0.25) is 0 Å². The summed E-state index contributed by atoms with van der Waals surface area (Å²) in [6.45, 7) is 6.10. The van der Waals surface area contributed by atoms with Crippen LogP contribution in [0.1, 0.15) is 65.7 Å². The molecule has 0 aliphatic heterocycles. The summed E-state index contributed by atoms with van der Waals surface area (Å²) in [7, 11) is 0. The molecule has 0 aromatic carbocycles. The van der Waals surface area contributed by atoms with Crippen LogP contribution in [-0.2, 0) is 0 Å². The molecule has 4 nitrogen and oxygen atoms in total. The van der Waals surface area contributed by atoms with Gasteiger partial charge in [-0.2, -0.15) is 0 Å². The van der Waals surface area contributed by atoms with E-state index in [1.807, 2.05) is 0 Å². The fourth-order valence-corrected chi connectivity index (χ4v) is 7.44. The van der Waals surface area contributed by atoms with Crippen LogP contribution >= 0.6 is 0 Å². The number of hydrogen-bond donors (Lipinski definition) is 4. The van der Waals surface area contributed by atoms with Crippen LogP contribution in [-0.4, -0.2) is 44.3 Å². The van der Waals surface area contributed by atoms with Crippen LogP contribution in [0.3, 0.4) is 0 Å². The van der Waals surface area contributed by atoms with Gasteiger partial charge in [0, 0.05) is 11.8 Å². The minimum atomic E-state index is -1.20. The van der Waals surface area contributed by atoms with Gasteiger partial charge in [-0.3, -0.25) is 0 Å². The molecule has 0 saturated heterocycles. The van der Waals surface area contributed by atoms with E-state index >= 15 is 0 Å². The van der Waals surface area contributed by atoms with Gasteiger partial charge in [0.15, 0.2) is 0 Å². The molecular weight excluding hydrogens is 316 g/mol. The van der Waals surface area contributed by atoms with Crippen LogP contribution in [0.4, 0.5) is 0 Å². The Morgan fingerprint density at radius 2 is 1.88 bits per heavy atom. The molecule has 4 heteroatoms. The number of rotatable bonds is 1. The molecule has 0 heterocycles. The molecular formula is C21H34O4. The fraction of sp³-hybridized carbons (Fsp3) is 0.905. The van der Waals surface area contributed by atoms with Gasteiger partial charge < -0.3 is 20.4 Å². The lowest BCUT2D eigenvalue weighted by molar-refractivity contribution is -0.171. The van der Waals surface area contributed by atoms with Crippen molar-refractivity contribution in [2.45, 2.75) is 89.6 Å².